The summed E-state index contributed by atoms with van der Waals surface area (Å²) in [5.41, 5.74) is 6.46. The molecule has 1 aliphatic carbocycles. The predicted octanol–water partition coefficient (Wildman–Crippen LogP) is 3.86. The lowest BCUT2D eigenvalue weighted by Crippen LogP contribution is -2.54. The van der Waals surface area contributed by atoms with Crippen LogP contribution in [-0.2, 0) is 6.61 Å². The van der Waals surface area contributed by atoms with Crippen LogP contribution >= 0.6 is 11.6 Å². The van der Waals surface area contributed by atoms with Crippen molar-refractivity contribution in [2.45, 2.75) is 57.1 Å². The fraction of sp³-hybridized carbons (Fsp3) is 0.577. The van der Waals surface area contributed by atoms with Crippen molar-refractivity contribution in [2.24, 2.45) is 0 Å². The number of rotatable bonds is 4. The number of amides is 1. The summed E-state index contributed by atoms with van der Waals surface area (Å²) in [4.78, 5) is 19.7. The van der Waals surface area contributed by atoms with Gasteiger partial charge in [0.15, 0.2) is 0 Å². The van der Waals surface area contributed by atoms with Crippen LogP contribution in [0.25, 0.3) is 0 Å². The van der Waals surface area contributed by atoms with Gasteiger partial charge in [-0.15, -0.1) is 5.73 Å². The summed E-state index contributed by atoms with van der Waals surface area (Å²) in [5.74, 6) is 0. The van der Waals surface area contributed by atoms with E-state index in [0.29, 0.717) is 5.69 Å². The second-order valence-electron chi connectivity index (χ2n) is 9.86. The maximum Gasteiger partial charge on any atom is 0.344 e. The Kier molecular flexibility index (Phi) is 6.98. The minimum absolute atomic E-state index is 0.109. The molecule has 3 aliphatic heterocycles. The average Bonchev–Trinajstić information content (AvgIpc) is 3.45. The first kappa shape index (κ1) is 23.4. The Labute approximate surface area is 206 Å². The van der Waals surface area contributed by atoms with Crippen LogP contribution in [0.4, 0.5) is 4.79 Å². The van der Waals surface area contributed by atoms with Gasteiger partial charge in [-0.2, -0.15) is 9.78 Å². The van der Waals surface area contributed by atoms with Gasteiger partial charge in [-0.05, 0) is 69.7 Å². The van der Waals surface area contributed by atoms with Gasteiger partial charge >= 0.3 is 6.03 Å². The highest BCUT2D eigenvalue weighted by molar-refractivity contribution is 6.31. The third-order valence-corrected chi connectivity index (χ3v) is 8.16. The Bertz CT molecular complexity index is 1040. The fourth-order valence-corrected chi connectivity index (χ4v) is 6.07. The quantitative estimate of drug-likeness (QED) is 0.659. The molecule has 0 aromatic carbocycles. The van der Waals surface area contributed by atoms with E-state index in [0.717, 1.165) is 68.4 Å². The number of likely N-dealkylation sites (tertiary alicyclic amines) is 3. The van der Waals surface area contributed by atoms with Crippen molar-refractivity contribution in [2.75, 3.05) is 39.3 Å². The van der Waals surface area contributed by atoms with Gasteiger partial charge in [-0.1, -0.05) is 11.6 Å². The third-order valence-electron chi connectivity index (χ3n) is 7.84. The Hall–Kier alpha value is -2.31. The lowest BCUT2D eigenvalue weighted by atomic mass is 9.85. The highest BCUT2D eigenvalue weighted by Crippen LogP contribution is 2.39. The van der Waals surface area contributed by atoms with Crippen molar-refractivity contribution >= 4 is 17.6 Å². The standard InChI is InChI=1S/C26H34ClN5O2/c27-23-7-5-21(6-8-24(23)29-13-2-1-3-14-29)19-31-15-4-10-26(31)11-17-30(18-12-26)25(34)32-16-9-22(20-33)28-32/h5,7-9,16,33H,1-4,10-15,17-20H2. The molecule has 1 aromatic heterocycles. The Morgan fingerprint density at radius 1 is 1.06 bits per heavy atom. The Morgan fingerprint density at radius 3 is 2.59 bits per heavy atom. The zero-order valence-electron chi connectivity index (χ0n) is 19.8. The first-order chi connectivity index (χ1) is 16.6. The van der Waals surface area contributed by atoms with E-state index in [2.05, 4.69) is 32.8 Å². The molecule has 3 fully saturated rings. The van der Waals surface area contributed by atoms with Crippen molar-refractivity contribution in [3.63, 3.8) is 0 Å². The van der Waals surface area contributed by atoms with E-state index >= 15 is 0 Å². The normalized spacial score (nSPS) is 23.1. The predicted molar refractivity (Wildman–Crippen MR) is 132 cm³/mol. The number of aliphatic hydroxyl groups excluding tert-OH is 1. The first-order valence-electron chi connectivity index (χ1n) is 12.6. The monoisotopic (exact) mass is 483 g/mol. The molecule has 0 unspecified atom stereocenters. The number of nitrogens with zero attached hydrogens (tertiary/aromatic N) is 5. The van der Waals surface area contributed by atoms with E-state index < -0.39 is 0 Å². The van der Waals surface area contributed by atoms with Crippen molar-refractivity contribution in [1.29, 1.82) is 0 Å². The van der Waals surface area contributed by atoms with Crippen LogP contribution in [0.1, 0.15) is 50.6 Å². The topological polar surface area (TPSA) is 64.8 Å². The molecule has 1 amide bonds. The van der Waals surface area contributed by atoms with E-state index in [4.69, 9.17) is 11.6 Å². The molecule has 1 N–H and O–H groups in total. The number of carbonyl (C=O) groups is 1. The number of aromatic nitrogens is 2. The maximum atomic E-state index is 12.8. The molecule has 4 aliphatic rings. The van der Waals surface area contributed by atoms with Gasteiger partial charge < -0.3 is 14.9 Å². The van der Waals surface area contributed by atoms with Crippen molar-refractivity contribution in [3.8, 4) is 0 Å². The summed E-state index contributed by atoms with van der Waals surface area (Å²) in [6.07, 6.45) is 15.9. The van der Waals surface area contributed by atoms with Crippen molar-refractivity contribution < 1.29 is 9.90 Å². The van der Waals surface area contributed by atoms with Gasteiger partial charge in [0.25, 0.3) is 0 Å². The van der Waals surface area contributed by atoms with Gasteiger partial charge in [0.05, 0.1) is 23.0 Å². The molecule has 0 bridgehead atoms. The van der Waals surface area contributed by atoms with E-state index in [1.54, 1.807) is 12.3 Å². The molecular formula is C26H34ClN5O2. The second kappa shape index (κ2) is 10.1. The number of piperidine rings is 2. The van der Waals surface area contributed by atoms with Gasteiger partial charge in [0, 0.05) is 56.1 Å². The van der Waals surface area contributed by atoms with Crippen LogP contribution in [0.3, 0.4) is 0 Å². The summed E-state index contributed by atoms with van der Waals surface area (Å²) in [5, 5.41) is 14.2. The van der Waals surface area contributed by atoms with Crippen LogP contribution in [0.5, 0.6) is 0 Å². The first-order valence-corrected chi connectivity index (χ1v) is 12.9. The molecule has 34 heavy (non-hydrogen) atoms. The summed E-state index contributed by atoms with van der Waals surface area (Å²) in [7, 11) is 0. The smallest absolute Gasteiger partial charge is 0.344 e. The van der Waals surface area contributed by atoms with Crippen LogP contribution in [0.2, 0.25) is 0 Å². The van der Waals surface area contributed by atoms with Gasteiger partial charge in [-0.3, -0.25) is 4.90 Å². The number of hydrogen-bond acceptors (Lipinski definition) is 5. The van der Waals surface area contributed by atoms with E-state index in [-0.39, 0.29) is 18.2 Å². The molecule has 5 rings (SSSR count). The van der Waals surface area contributed by atoms with Crippen LogP contribution in [-0.4, -0.2) is 80.4 Å². The molecule has 1 spiro atoms. The largest absolute Gasteiger partial charge is 0.390 e. The zero-order valence-corrected chi connectivity index (χ0v) is 20.5. The summed E-state index contributed by atoms with van der Waals surface area (Å²) >= 11 is 6.65. The Morgan fingerprint density at radius 2 is 1.85 bits per heavy atom. The SMILES string of the molecule is O=C(N1CCC2(CCCN2CC2=C=CC(N3CCCCC3)=C(Cl)C=C2)CC1)n1ccc(CO)n1. The molecule has 3 saturated heterocycles. The number of allylic oxidation sites excluding steroid dienone is 3. The van der Waals surface area contributed by atoms with E-state index in [1.165, 1.54) is 36.8 Å². The Balaban J connectivity index is 1.24. The van der Waals surface area contributed by atoms with E-state index in [9.17, 15) is 9.90 Å². The summed E-state index contributed by atoms with van der Waals surface area (Å²) < 4.78 is 1.35. The van der Waals surface area contributed by atoms with Crippen LogP contribution < -0.4 is 0 Å². The van der Waals surface area contributed by atoms with Crippen molar-refractivity contribution in [1.82, 2.24) is 24.5 Å². The number of halogens is 1. The number of hydrogen-bond donors (Lipinski definition) is 1. The summed E-state index contributed by atoms with van der Waals surface area (Å²) in [6.45, 7) is 5.36. The van der Waals surface area contributed by atoms with Crippen LogP contribution in [0, 0.1) is 0 Å². The lowest BCUT2D eigenvalue weighted by molar-refractivity contribution is 0.0710. The molecule has 7 nitrogen and oxygen atoms in total. The second-order valence-corrected chi connectivity index (χ2v) is 10.3. The van der Waals surface area contributed by atoms with Gasteiger partial charge in [0.2, 0.25) is 0 Å². The molecule has 0 atom stereocenters. The van der Waals surface area contributed by atoms with Gasteiger partial charge in [0.1, 0.15) is 0 Å². The minimum Gasteiger partial charge on any atom is -0.390 e. The molecular weight excluding hydrogens is 450 g/mol. The molecule has 182 valence electrons. The fourth-order valence-electron chi connectivity index (χ4n) is 5.84. The minimum atomic E-state index is -0.155. The zero-order chi connectivity index (χ0) is 23.5. The molecule has 8 heteroatoms. The average molecular weight is 484 g/mol. The molecule has 1 aromatic rings. The van der Waals surface area contributed by atoms with Gasteiger partial charge in [-0.25, -0.2) is 4.79 Å². The highest BCUT2D eigenvalue weighted by atomic mass is 35.5. The molecule has 4 heterocycles. The lowest BCUT2D eigenvalue weighted by Gasteiger charge is -2.45. The molecule has 0 saturated carbocycles. The molecule has 0 radical (unpaired) electrons. The van der Waals surface area contributed by atoms with Crippen LogP contribution in [0.15, 0.2) is 52.5 Å². The van der Waals surface area contributed by atoms with Crippen molar-refractivity contribution in [3.05, 3.63) is 58.2 Å². The third kappa shape index (κ3) is 4.76. The highest BCUT2D eigenvalue weighted by Gasteiger charge is 2.44. The van der Waals surface area contributed by atoms with E-state index in [1.807, 2.05) is 11.0 Å². The summed E-state index contributed by atoms with van der Waals surface area (Å²) in [6, 6.07) is 1.57. The number of carbonyl (C=O) groups excluding carboxylic acids is 1. The number of aliphatic hydroxyl groups is 1. The maximum absolute atomic E-state index is 12.8.